The minimum Gasteiger partial charge on any atom is -0.264 e. The summed E-state index contributed by atoms with van der Waals surface area (Å²) in [6.45, 7) is 0. The molecule has 0 spiro atoms. The molecule has 2 aromatic heterocycles. The minimum absolute atomic E-state index is 0.576. The second kappa shape index (κ2) is 18.3. The Labute approximate surface area is 454 Å². The van der Waals surface area contributed by atoms with Crippen LogP contribution in [0.1, 0.15) is 44.5 Å². The maximum absolute atomic E-state index is 5.69. The van der Waals surface area contributed by atoms with Crippen molar-refractivity contribution < 1.29 is 0 Å². The van der Waals surface area contributed by atoms with E-state index in [9.17, 15) is 0 Å². The van der Waals surface area contributed by atoms with Gasteiger partial charge in [0, 0.05) is 23.5 Å². The third-order valence-corrected chi connectivity index (χ3v) is 16.5. The van der Waals surface area contributed by atoms with E-state index in [2.05, 4.69) is 284 Å². The van der Waals surface area contributed by atoms with Gasteiger partial charge < -0.3 is 0 Å². The van der Waals surface area contributed by atoms with Gasteiger partial charge in [0.25, 0.3) is 0 Å². The Morgan fingerprint density at radius 3 is 1.00 bits per heavy atom. The first-order chi connectivity index (χ1) is 38.7. The first-order valence-corrected chi connectivity index (χ1v) is 26.8. The van der Waals surface area contributed by atoms with Crippen LogP contribution in [-0.2, 0) is 10.8 Å². The summed E-state index contributed by atoms with van der Waals surface area (Å²) in [6.07, 6.45) is 3.72. The zero-order chi connectivity index (χ0) is 51.6. The van der Waals surface area contributed by atoms with Crippen molar-refractivity contribution >= 4 is 11.0 Å². The van der Waals surface area contributed by atoms with Crippen LogP contribution in [0.3, 0.4) is 0 Å². The molecule has 2 aliphatic rings. The summed E-state index contributed by atoms with van der Waals surface area (Å²) in [7, 11) is 0. The Kier molecular flexibility index (Phi) is 10.7. The molecule has 0 atom stereocenters. The highest BCUT2D eigenvalue weighted by atomic mass is 14.8. The van der Waals surface area contributed by atoms with Crippen LogP contribution in [0.25, 0.3) is 89.2 Å². The summed E-state index contributed by atoms with van der Waals surface area (Å²) in [5, 5.41) is 0. The predicted octanol–water partition coefficient (Wildman–Crippen LogP) is 18.1. The molecule has 0 saturated heterocycles. The van der Waals surface area contributed by atoms with E-state index in [1.807, 2.05) is 18.5 Å². The summed E-state index contributed by atoms with van der Waals surface area (Å²) in [4.78, 5) is 15.8. The molecule has 0 N–H and O–H groups in total. The first kappa shape index (κ1) is 45.3. The van der Waals surface area contributed by atoms with Crippen LogP contribution >= 0.6 is 0 Å². The monoisotopic (exact) mass is 991 g/mol. The van der Waals surface area contributed by atoms with E-state index in [1.165, 1.54) is 66.8 Å². The lowest BCUT2D eigenvalue weighted by Gasteiger charge is -2.34. The van der Waals surface area contributed by atoms with Gasteiger partial charge in [-0.15, -0.1) is 0 Å². The molecule has 0 unspecified atom stereocenters. The van der Waals surface area contributed by atoms with E-state index in [0.29, 0.717) is 0 Å². The van der Waals surface area contributed by atoms with E-state index < -0.39 is 10.8 Å². The standard InChI is InChI=1S/C75H49N3/c1-6-21-51(22-7-1)72-73(52-38-36-50(37-39-52)55-23-20-44-76-49-55)78-71-48-65(54-41-43-63-61-33-17-19-35-67(61)75(69(63)46-54,58-28-12-4-13-29-58)59-30-14-5-15-31-59)64(47-70(71)77-72)53-40-42-62-60-32-16-18-34-66(60)74(68(62)45-53,56-24-8-2-9-25-56)57-26-10-3-11-27-57/h1-49H. The predicted molar refractivity (Wildman–Crippen MR) is 319 cm³/mol. The first-order valence-electron chi connectivity index (χ1n) is 26.8. The summed E-state index contributed by atoms with van der Waals surface area (Å²) in [6, 6.07) is 104. The molecule has 0 bridgehead atoms. The van der Waals surface area contributed by atoms with Gasteiger partial charge in [-0.1, -0.05) is 255 Å². The molecule has 0 radical (unpaired) electrons. The smallest absolute Gasteiger partial charge is 0.0973 e. The molecule has 0 aliphatic heterocycles. The van der Waals surface area contributed by atoms with Gasteiger partial charge in [0.2, 0.25) is 0 Å². The molecule has 2 heterocycles. The third-order valence-electron chi connectivity index (χ3n) is 16.5. The van der Waals surface area contributed by atoms with Crippen LogP contribution in [0.5, 0.6) is 0 Å². The molecular weight excluding hydrogens is 943 g/mol. The van der Waals surface area contributed by atoms with Crippen molar-refractivity contribution in [3.05, 3.63) is 342 Å². The molecule has 0 amide bonds. The van der Waals surface area contributed by atoms with Crippen molar-refractivity contribution in [3.63, 3.8) is 0 Å². The van der Waals surface area contributed by atoms with E-state index >= 15 is 0 Å². The maximum atomic E-state index is 5.69. The average molecular weight is 992 g/mol. The minimum atomic E-state index is -0.578. The number of hydrogen-bond acceptors (Lipinski definition) is 3. The number of pyridine rings is 1. The normalized spacial score (nSPS) is 13.3. The van der Waals surface area contributed by atoms with Crippen LogP contribution in [0, 0.1) is 0 Å². The van der Waals surface area contributed by atoms with Crippen molar-refractivity contribution in [2.45, 2.75) is 10.8 Å². The number of rotatable bonds is 9. The summed E-state index contributed by atoms with van der Waals surface area (Å²) >= 11 is 0. The van der Waals surface area contributed by atoms with Crippen molar-refractivity contribution in [2.75, 3.05) is 0 Å². The molecule has 78 heavy (non-hydrogen) atoms. The summed E-state index contributed by atoms with van der Waals surface area (Å²) < 4.78 is 0. The van der Waals surface area contributed by atoms with Crippen molar-refractivity contribution in [2.24, 2.45) is 0 Å². The molecule has 11 aromatic carbocycles. The highest BCUT2D eigenvalue weighted by molar-refractivity contribution is 5.99. The summed E-state index contributed by atoms with van der Waals surface area (Å²) in [5.74, 6) is 0. The molecule has 15 rings (SSSR count). The Hall–Kier alpha value is -10.1. The highest BCUT2D eigenvalue weighted by Crippen LogP contribution is 2.59. The van der Waals surface area contributed by atoms with Crippen LogP contribution < -0.4 is 0 Å². The van der Waals surface area contributed by atoms with E-state index in [-0.39, 0.29) is 0 Å². The van der Waals surface area contributed by atoms with Crippen LogP contribution in [0.15, 0.2) is 298 Å². The number of hydrogen-bond donors (Lipinski definition) is 0. The third kappa shape index (κ3) is 6.95. The number of aromatic nitrogens is 3. The molecular formula is C75H49N3. The number of nitrogens with zero attached hydrogens (tertiary/aromatic N) is 3. The quantitative estimate of drug-likeness (QED) is 0.145. The molecule has 0 fully saturated rings. The molecule has 3 nitrogen and oxygen atoms in total. The van der Waals surface area contributed by atoms with Gasteiger partial charge in [-0.25, -0.2) is 9.97 Å². The van der Waals surface area contributed by atoms with Gasteiger partial charge in [-0.2, -0.15) is 0 Å². The van der Waals surface area contributed by atoms with E-state index in [0.717, 1.165) is 66.9 Å². The fraction of sp³-hybridized carbons (Fsp3) is 0.0267. The zero-order valence-corrected chi connectivity index (χ0v) is 42.6. The van der Waals surface area contributed by atoms with E-state index in [1.54, 1.807) is 0 Å². The summed E-state index contributed by atoms with van der Waals surface area (Å²) in [5.41, 5.74) is 25.6. The Balaban J connectivity index is 1.02. The van der Waals surface area contributed by atoms with Gasteiger partial charge in [-0.05, 0) is 130 Å². The van der Waals surface area contributed by atoms with Gasteiger partial charge in [0.1, 0.15) is 0 Å². The van der Waals surface area contributed by atoms with Crippen LogP contribution in [0.2, 0.25) is 0 Å². The Morgan fingerprint density at radius 1 is 0.231 bits per heavy atom. The average Bonchev–Trinajstić information content (AvgIpc) is 4.21. The van der Waals surface area contributed by atoms with E-state index in [4.69, 9.17) is 9.97 Å². The zero-order valence-electron chi connectivity index (χ0n) is 42.6. The SMILES string of the molecule is c1ccc(-c2nc3cc(-c4ccc5c(c4)C(c4ccccc4)(c4ccccc4)c4ccccc4-5)c(-c4ccc5c(c4)C(c4ccccc4)(c4ccccc4)c4ccccc4-5)cc3nc2-c2ccc(-c3cccnc3)cc2)cc1. The lowest BCUT2D eigenvalue weighted by Crippen LogP contribution is -2.28. The van der Waals surface area contributed by atoms with Gasteiger partial charge >= 0.3 is 0 Å². The Bertz CT molecular complexity index is 4310. The lowest BCUT2D eigenvalue weighted by molar-refractivity contribution is 0.768. The van der Waals surface area contributed by atoms with Crippen molar-refractivity contribution in [1.82, 2.24) is 15.0 Å². The number of benzene rings is 11. The Morgan fingerprint density at radius 2 is 0.577 bits per heavy atom. The molecule has 0 saturated carbocycles. The molecule has 3 heteroatoms. The van der Waals surface area contributed by atoms with Crippen molar-refractivity contribution in [1.29, 1.82) is 0 Å². The second-order valence-electron chi connectivity index (χ2n) is 20.6. The molecule has 2 aliphatic carbocycles. The fourth-order valence-corrected chi connectivity index (χ4v) is 13.2. The number of fused-ring (bicyclic) bond motifs is 7. The topological polar surface area (TPSA) is 38.7 Å². The highest BCUT2D eigenvalue weighted by Gasteiger charge is 2.48. The maximum Gasteiger partial charge on any atom is 0.0973 e. The fourth-order valence-electron chi connectivity index (χ4n) is 13.2. The van der Waals surface area contributed by atoms with Gasteiger partial charge in [0.15, 0.2) is 0 Å². The molecule has 13 aromatic rings. The van der Waals surface area contributed by atoms with Gasteiger partial charge in [-0.3, -0.25) is 4.98 Å². The van der Waals surface area contributed by atoms with Gasteiger partial charge in [0.05, 0.1) is 33.3 Å². The second-order valence-corrected chi connectivity index (χ2v) is 20.6. The van der Waals surface area contributed by atoms with Crippen LogP contribution in [0.4, 0.5) is 0 Å². The largest absolute Gasteiger partial charge is 0.264 e. The molecule has 364 valence electrons. The van der Waals surface area contributed by atoms with Crippen LogP contribution in [-0.4, -0.2) is 15.0 Å². The van der Waals surface area contributed by atoms with Crippen molar-refractivity contribution in [3.8, 4) is 78.1 Å². The lowest BCUT2D eigenvalue weighted by atomic mass is 9.67.